The molecule has 3 rings (SSSR count). The Morgan fingerprint density at radius 3 is 3.10 bits per heavy atom. The molecular formula is C16H16BrClN2O. The molecule has 1 aliphatic rings. The Kier molecular flexibility index (Phi) is 4.36. The molecule has 0 spiro atoms. The van der Waals surface area contributed by atoms with Gasteiger partial charge in [-0.2, -0.15) is 0 Å². The van der Waals surface area contributed by atoms with Gasteiger partial charge in [0.25, 0.3) is 0 Å². The number of fused-ring (bicyclic) bond motifs is 1. The molecule has 0 saturated heterocycles. The van der Waals surface area contributed by atoms with Gasteiger partial charge in [0.2, 0.25) is 0 Å². The lowest BCUT2D eigenvalue weighted by atomic mass is 9.99. The lowest BCUT2D eigenvalue weighted by Crippen LogP contribution is -2.10. The number of rotatable bonds is 2. The molecule has 0 saturated carbocycles. The van der Waals surface area contributed by atoms with Gasteiger partial charge in [-0.25, -0.2) is 4.98 Å². The summed E-state index contributed by atoms with van der Waals surface area (Å²) in [6.45, 7) is 2.85. The molecule has 0 bridgehead atoms. The zero-order valence-electron chi connectivity index (χ0n) is 11.7. The number of halogens is 2. The maximum atomic E-state index is 5.95. The highest BCUT2D eigenvalue weighted by atomic mass is 79.9. The van der Waals surface area contributed by atoms with Gasteiger partial charge in [-0.1, -0.05) is 29.8 Å². The summed E-state index contributed by atoms with van der Waals surface area (Å²) < 4.78 is 6.70. The van der Waals surface area contributed by atoms with Crippen LogP contribution in [0.15, 0.2) is 34.9 Å². The molecule has 2 aromatic rings. The summed E-state index contributed by atoms with van der Waals surface area (Å²) in [5.74, 6) is 1.01. The van der Waals surface area contributed by atoms with Crippen LogP contribution >= 0.6 is 27.5 Å². The van der Waals surface area contributed by atoms with Crippen LogP contribution in [0.3, 0.4) is 0 Å². The number of anilines is 1. The van der Waals surface area contributed by atoms with Gasteiger partial charge in [0, 0.05) is 5.56 Å². The quantitative estimate of drug-likeness (QED) is 0.747. The number of benzene rings is 1. The molecule has 1 aliphatic heterocycles. The summed E-state index contributed by atoms with van der Waals surface area (Å²) in [5.41, 5.74) is 3.33. The highest BCUT2D eigenvalue weighted by molar-refractivity contribution is 9.10. The highest BCUT2D eigenvalue weighted by Crippen LogP contribution is 2.36. The third-order valence-electron chi connectivity index (χ3n) is 3.64. The van der Waals surface area contributed by atoms with Crippen molar-refractivity contribution in [2.45, 2.75) is 25.8 Å². The zero-order chi connectivity index (χ0) is 14.8. The van der Waals surface area contributed by atoms with E-state index in [4.69, 9.17) is 16.3 Å². The van der Waals surface area contributed by atoms with Gasteiger partial charge in [0.1, 0.15) is 10.9 Å². The average Bonchev–Trinajstić information content (AvgIpc) is 2.67. The first-order valence-electron chi connectivity index (χ1n) is 6.95. The predicted octanol–water partition coefficient (Wildman–Crippen LogP) is 5.13. The summed E-state index contributed by atoms with van der Waals surface area (Å²) in [7, 11) is 0. The molecule has 1 unspecified atom stereocenters. The normalized spacial score (nSPS) is 17.6. The predicted molar refractivity (Wildman–Crippen MR) is 89.2 cm³/mol. The molecule has 21 heavy (non-hydrogen) atoms. The van der Waals surface area contributed by atoms with E-state index in [9.17, 15) is 0 Å². The smallest absolute Gasteiger partial charge is 0.143 e. The average molecular weight is 368 g/mol. The minimum absolute atomic E-state index is 0.220. The second kappa shape index (κ2) is 6.24. The maximum absolute atomic E-state index is 5.95. The Bertz CT molecular complexity index is 663. The molecule has 1 N–H and O–H groups in total. The minimum atomic E-state index is 0.220. The SMILES string of the molecule is Cc1cccc2c1OCCCC2Nc1cnc(Cl)c(Br)c1. The van der Waals surface area contributed by atoms with Gasteiger partial charge in [0.15, 0.2) is 0 Å². The van der Waals surface area contributed by atoms with E-state index in [1.807, 2.05) is 6.07 Å². The van der Waals surface area contributed by atoms with Crippen LogP contribution in [0, 0.1) is 6.92 Å². The van der Waals surface area contributed by atoms with Gasteiger partial charge in [-0.3, -0.25) is 0 Å². The monoisotopic (exact) mass is 366 g/mol. The number of aromatic nitrogens is 1. The number of ether oxygens (including phenoxy) is 1. The number of hydrogen-bond acceptors (Lipinski definition) is 3. The van der Waals surface area contributed by atoms with E-state index < -0.39 is 0 Å². The summed E-state index contributed by atoms with van der Waals surface area (Å²) in [6.07, 6.45) is 3.80. The summed E-state index contributed by atoms with van der Waals surface area (Å²) in [6, 6.07) is 8.47. The molecule has 0 fully saturated rings. The van der Waals surface area contributed by atoms with E-state index in [0.717, 1.165) is 35.4 Å². The Hall–Kier alpha value is -1.26. The van der Waals surface area contributed by atoms with Crippen LogP contribution in [-0.2, 0) is 0 Å². The van der Waals surface area contributed by atoms with E-state index >= 15 is 0 Å². The van der Waals surface area contributed by atoms with Crippen molar-refractivity contribution in [1.29, 1.82) is 0 Å². The molecule has 1 aromatic carbocycles. The lowest BCUT2D eigenvalue weighted by Gasteiger charge is -2.20. The van der Waals surface area contributed by atoms with Crippen LogP contribution in [0.1, 0.15) is 30.0 Å². The summed E-state index contributed by atoms with van der Waals surface area (Å²) >= 11 is 9.36. The van der Waals surface area contributed by atoms with Crippen LogP contribution < -0.4 is 10.1 Å². The van der Waals surface area contributed by atoms with Crippen molar-refractivity contribution in [2.24, 2.45) is 0 Å². The molecule has 5 heteroatoms. The third-order valence-corrected chi connectivity index (χ3v) is 4.77. The summed E-state index contributed by atoms with van der Waals surface area (Å²) in [5, 5.41) is 4.01. The fourth-order valence-electron chi connectivity index (χ4n) is 2.62. The third kappa shape index (κ3) is 3.16. The first-order valence-corrected chi connectivity index (χ1v) is 8.12. The Balaban J connectivity index is 1.92. The topological polar surface area (TPSA) is 34.1 Å². The first-order chi connectivity index (χ1) is 10.1. The largest absolute Gasteiger partial charge is 0.493 e. The Morgan fingerprint density at radius 1 is 1.43 bits per heavy atom. The number of para-hydroxylation sites is 1. The fourth-order valence-corrected chi connectivity index (χ4v) is 3.07. The first kappa shape index (κ1) is 14.7. The van der Waals surface area contributed by atoms with Crippen molar-refractivity contribution < 1.29 is 4.74 Å². The Labute approximate surface area is 137 Å². The van der Waals surface area contributed by atoms with Gasteiger partial charge in [-0.15, -0.1) is 0 Å². The maximum Gasteiger partial charge on any atom is 0.143 e. The van der Waals surface area contributed by atoms with E-state index in [2.05, 4.69) is 51.4 Å². The van der Waals surface area contributed by atoms with E-state index in [-0.39, 0.29) is 6.04 Å². The second-order valence-electron chi connectivity index (χ2n) is 5.18. The number of pyridine rings is 1. The van der Waals surface area contributed by atoms with Crippen LogP contribution in [0.4, 0.5) is 5.69 Å². The van der Waals surface area contributed by atoms with Gasteiger partial charge in [-0.05, 0) is 47.3 Å². The van der Waals surface area contributed by atoms with Crippen LogP contribution in [0.2, 0.25) is 5.15 Å². The number of nitrogens with zero attached hydrogens (tertiary/aromatic N) is 1. The van der Waals surface area contributed by atoms with Crippen molar-refractivity contribution in [1.82, 2.24) is 4.98 Å². The molecule has 1 atom stereocenters. The molecule has 1 aromatic heterocycles. The van der Waals surface area contributed by atoms with E-state index in [1.54, 1.807) is 6.20 Å². The Morgan fingerprint density at radius 2 is 2.29 bits per heavy atom. The number of hydrogen-bond donors (Lipinski definition) is 1. The molecule has 110 valence electrons. The van der Waals surface area contributed by atoms with Crippen LogP contribution in [-0.4, -0.2) is 11.6 Å². The standard InChI is InChI=1S/C16H16BrClN2O/c1-10-4-2-5-12-14(6-3-7-21-15(10)12)20-11-8-13(17)16(18)19-9-11/h2,4-5,8-9,14,20H,3,6-7H2,1H3. The highest BCUT2D eigenvalue weighted by Gasteiger charge is 2.21. The molecule has 3 nitrogen and oxygen atoms in total. The van der Waals surface area contributed by atoms with Gasteiger partial charge in [0.05, 0.1) is 29.0 Å². The van der Waals surface area contributed by atoms with Crippen molar-refractivity contribution in [3.8, 4) is 5.75 Å². The second-order valence-corrected chi connectivity index (χ2v) is 6.39. The fraction of sp³-hybridized carbons (Fsp3) is 0.312. The van der Waals surface area contributed by atoms with E-state index in [0.29, 0.717) is 5.15 Å². The number of aryl methyl sites for hydroxylation is 1. The minimum Gasteiger partial charge on any atom is -0.493 e. The van der Waals surface area contributed by atoms with Crippen molar-refractivity contribution >= 4 is 33.2 Å². The van der Waals surface area contributed by atoms with Crippen LogP contribution in [0.5, 0.6) is 5.75 Å². The van der Waals surface area contributed by atoms with Crippen molar-refractivity contribution in [3.63, 3.8) is 0 Å². The lowest BCUT2D eigenvalue weighted by molar-refractivity contribution is 0.314. The molecule has 2 heterocycles. The summed E-state index contributed by atoms with van der Waals surface area (Å²) in [4.78, 5) is 4.17. The molecule has 0 amide bonds. The van der Waals surface area contributed by atoms with Crippen molar-refractivity contribution in [3.05, 3.63) is 51.2 Å². The van der Waals surface area contributed by atoms with Crippen molar-refractivity contribution in [2.75, 3.05) is 11.9 Å². The molecule has 0 aliphatic carbocycles. The van der Waals surface area contributed by atoms with Gasteiger partial charge >= 0.3 is 0 Å². The van der Waals surface area contributed by atoms with E-state index in [1.165, 1.54) is 11.1 Å². The zero-order valence-corrected chi connectivity index (χ0v) is 14.0. The molecular weight excluding hydrogens is 352 g/mol. The molecule has 0 radical (unpaired) electrons. The number of nitrogens with one attached hydrogen (secondary N) is 1. The van der Waals surface area contributed by atoms with Crippen LogP contribution in [0.25, 0.3) is 0 Å². The van der Waals surface area contributed by atoms with Gasteiger partial charge < -0.3 is 10.1 Å².